The van der Waals surface area contributed by atoms with Crippen LogP contribution < -0.4 is 5.32 Å². The second kappa shape index (κ2) is 9.12. The molecule has 0 atom stereocenters. The highest BCUT2D eigenvalue weighted by molar-refractivity contribution is 6.31. The lowest BCUT2D eigenvalue weighted by Gasteiger charge is -2.30. The van der Waals surface area contributed by atoms with Gasteiger partial charge >= 0.3 is 0 Å². The van der Waals surface area contributed by atoms with E-state index < -0.39 is 11.7 Å². The summed E-state index contributed by atoms with van der Waals surface area (Å²) in [4.78, 5) is 28.7. The molecular formula is C20H20ClF2N3O2. The topological polar surface area (TPSA) is 52.7 Å². The predicted molar refractivity (Wildman–Crippen MR) is 102 cm³/mol. The van der Waals surface area contributed by atoms with Crippen molar-refractivity contribution in [2.24, 2.45) is 0 Å². The lowest BCUT2D eigenvalue weighted by Crippen LogP contribution is -2.50. The van der Waals surface area contributed by atoms with Gasteiger partial charge in [-0.25, -0.2) is 8.78 Å². The van der Waals surface area contributed by atoms with Crippen LogP contribution >= 0.6 is 11.6 Å². The predicted octanol–water partition coefficient (Wildman–Crippen LogP) is 2.69. The monoisotopic (exact) mass is 407 g/mol. The molecule has 2 aromatic rings. The second-order valence-electron chi connectivity index (χ2n) is 6.55. The van der Waals surface area contributed by atoms with Crippen LogP contribution in [0, 0.1) is 11.6 Å². The van der Waals surface area contributed by atoms with Crippen LogP contribution in [0.25, 0.3) is 0 Å². The van der Waals surface area contributed by atoms with Gasteiger partial charge < -0.3 is 15.1 Å². The maximum atomic E-state index is 13.4. The molecule has 1 heterocycles. The molecule has 0 aromatic heterocycles. The first-order valence-electron chi connectivity index (χ1n) is 8.91. The van der Waals surface area contributed by atoms with Crippen molar-refractivity contribution < 1.29 is 18.4 Å². The van der Waals surface area contributed by atoms with Gasteiger partial charge in [-0.3, -0.25) is 9.59 Å². The third-order valence-corrected chi connectivity index (χ3v) is 4.83. The smallest absolute Gasteiger partial charge is 0.254 e. The van der Waals surface area contributed by atoms with E-state index in [4.69, 9.17) is 11.6 Å². The van der Waals surface area contributed by atoms with Gasteiger partial charge in [-0.05, 0) is 35.9 Å². The van der Waals surface area contributed by atoms with E-state index >= 15 is 0 Å². The zero-order valence-electron chi connectivity index (χ0n) is 15.1. The van der Waals surface area contributed by atoms with Crippen molar-refractivity contribution in [2.45, 2.75) is 6.54 Å². The largest absolute Gasteiger partial charge is 0.339 e. The average molecular weight is 408 g/mol. The van der Waals surface area contributed by atoms with Gasteiger partial charge in [0.05, 0.1) is 5.02 Å². The second-order valence-corrected chi connectivity index (χ2v) is 6.95. The highest BCUT2D eigenvalue weighted by Gasteiger charge is 2.24. The Morgan fingerprint density at radius 1 is 1.07 bits per heavy atom. The number of nitrogens with one attached hydrogen (secondary N) is 1. The molecule has 0 spiro atoms. The van der Waals surface area contributed by atoms with Crippen LogP contribution in [0.1, 0.15) is 15.9 Å². The molecule has 0 radical (unpaired) electrons. The highest BCUT2D eigenvalue weighted by Crippen LogP contribution is 2.18. The summed E-state index contributed by atoms with van der Waals surface area (Å²) < 4.78 is 26.6. The fourth-order valence-electron chi connectivity index (χ4n) is 3.00. The van der Waals surface area contributed by atoms with E-state index in [1.54, 1.807) is 17.0 Å². The van der Waals surface area contributed by atoms with Gasteiger partial charge in [0.25, 0.3) is 5.91 Å². The van der Waals surface area contributed by atoms with E-state index in [1.165, 1.54) is 29.2 Å². The maximum Gasteiger partial charge on any atom is 0.254 e. The first-order valence-corrected chi connectivity index (χ1v) is 9.29. The Morgan fingerprint density at radius 3 is 2.39 bits per heavy atom. The summed E-state index contributed by atoms with van der Waals surface area (Å²) in [7, 11) is 0. The fraction of sp³-hybridized carbons (Fsp3) is 0.300. The summed E-state index contributed by atoms with van der Waals surface area (Å²) in [6.07, 6.45) is 0. The molecule has 1 N–H and O–H groups in total. The van der Waals surface area contributed by atoms with Gasteiger partial charge in [0, 0.05) is 38.3 Å². The number of nitrogens with zero attached hydrogens (tertiary/aromatic N) is 2. The molecule has 148 valence electrons. The Bertz CT molecular complexity index is 855. The summed E-state index contributed by atoms with van der Waals surface area (Å²) in [5.41, 5.74) is 0.859. The Morgan fingerprint density at radius 2 is 1.75 bits per heavy atom. The first-order chi connectivity index (χ1) is 13.4. The minimum Gasteiger partial charge on any atom is -0.339 e. The molecule has 1 aliphatic heterocycles. The average Bonchev–Trinajstić information content (AvgIpc) is 2.71. The van der Waals surface area contributed by atoms with Crippen molar-refractivity contribution in [2.75, 3.05) is 32.7 Å². The Labute approximate surface area is 166 Å². The molecule has 2 aromatic carbocycles. The van der Waals surface area contributed by atoms with Crippen molar-refractivity contribution in [3.05, 3.63) is 70.2 Å². The summed E-state index contributed by atoms with van der Waals surface area (Å²) in [6.45, 7) is 2.52. The Hall–Kier alpha value is -2.51. The zero-order chi connectivity index (χ0) is 20.1. The quantitative estimate of drug-likeness (QED) is 0.829. The summed E-state index contributed by atoms with van der Waals surface area (Å²) in [6, 6.07) is 9.40. The van der Waals surface area contributed by atoms with Gasteiger partial charge in [0.2, 0.25) is 5.91 Å². The number of carbonyl (C=O) groups excluding carboxylic acids is 2. The van der Waals surface area contributed by atoms with E-state index in [9.17, 15) is 18.4 Å². The number of hydrogen-bond acceptors (Lipinski definition) is 3. The molecule has 2 amide bonds. The molecule has 1 saturated heterocycles. The molecule has 0 unspecified atom stereocenters. The summed E-state index contributed by atoms with van der Waals surface area (Å²) in [5, 5.41) is 3.00. The Balaban J connectivity index is 1.81. The number of halogens is 3. The third kappa shape index (κ3) is 5.05. The number of amides is 2. The van der Waals surface area contributed by atoms with Gasteiger partial charge in [0.1, 0.15) is 18.2 Å². The minimum absolute atomic E-state index is 0.117. The van der Waals surface area contributed by atoms with Crippen LogP contribution in [0.3, 0.4) is 0 Å². The minimum atomic E-state index is -0.625. The molecular weight excluding hydrogens is 388 g/mol. The number of rotatable bonds is 5. The molecule has 8 heteroatoms. The van der Waals surface area contributed by atoms with E-state index in [0.29, 0.717) is 31.7 Å². The van der Waals surface area contributed by atoms with Crippen molar-refractivity contribution in [1.29, 1.82) is 0 Å². The van der Waals surface area contributed by atoms with Crippen LogP contribution in [0.2, 0.25) is 5.02 Å². The highest BCUT2D eigenvalue weighted by atomic mass is 35.5. The van der Waals surface area contributed by atoms with E-state index in [-0.39, 0.29) is 35.4 Å². The van der Waals surface area contributed by atoms with Crippen molar-refractivity contribution in [3.8, 4) is 0 Å². The number of benzene rings is 2. The van der Waals surface area contributed by atoms with Crippen LogP contribution in [-0.4, -0.2) is 54.3 Å². The first kappa shape index (κ1) is 20.2. The van der Waals surface area contributed by atoms with Gasteiger partial charge in [0.15, 0.2) is 0 Å². The van der Waals surface area contributed by atoms with E-state index in [0.717, 1.165) is 6.07 Å². The molecule has 5 nitrogen and oxygen atoms in total. The molecule has 3 rings (SSSR count). The normalized spacial score (nSPS) is 14.0. The standard InChI is InChI=1S/C20H20ClF2N3O2/c21-17-11-15(3-6-18(17)23)20(28)26(12-14-1-4-16(22)5-2-14)13-19(27)25-9-7-24-8-10-25/h1-6,11,24H,7-10,12-13H2. The Kier molecular flexibility index (Phi) is 6.59. The van der Waals surface area contributed by atoms with Crippen LogP contribution in [0.15, 0.2) is 42.5 Å². The van der Waals surface area contributed by atoms with E-state index in [1.807, 2.05) is 0 Å². The fourth-order valence-corrected chi connectivity index (χ4v) is 3.18. The van der Waals surface area contributed by atoms with Crippen LogP contribution in [-0.2, 0) is 11.3 Å². The lowest BCUT2D eigenvalue weighted by molar-refractivity contribution is -0.132. The molecule has 0 bridgehead atoms. The summed E-state index contributed by atoms with van der Waals surface area (Å²) >= 11 is 5.80. The maximum absolute atomic E-state index is 13.4. The van der Waals surface area contributed by atoms with Crippen molar-refractivity contribution >= 4 is 23.4 Å². The number of hydrogen-bond donors (Lipinski definition) is 1. The van der Waals surface area contributed by atoms with Crippen LogP contribution in [0.5, 0.6) is 0 Å². The molecule has 0 aliphatic carbocycles. The zero-order valence-corrected chi connectivity index (χ0v) is 15.9. The van der Waals surface area contributed by atoms with E-state index in [2.05, 4.69) is 5.32 Å². The number of piperazine rings is 1. The van der Waals surface area contributed by atoms with Gasteiger partial charge in [-0.2, -0.15) is 0 Å². The lowest BCUT2D eigenvalue weighted by atomic mass is 10.1. The molecule has 1 fully saturated rings. The molecule has 28 heavy (non-hydrogen) atoms. The molecule has 0 saturated carbocycles. The van der Waals surface area contributed by atoms with Crippen molar-refractivity contribution in [1.82, 2.24) is 15.1 Å². The van der Waals surface area contributed by atoms with Crippen LogP contribution in [0.4, 0.5) is 8.78 Å². The molecule has 1 aliphatic rings. The third-order valence-electron chi connectivity index (χ3n) is 4.54. The number of carbonyl (C=O) groups is 2. The van der Waals surface area contributed by atoms with Gasteiger partial charge in [-0.1, -0.05) is 23.7 Å². The van der Waals surface area contributed by atoms with Crippen molar-refractivity contribution in [3.63, 3.8) is 0 Å². The van der Waals surface area contributed by atoms with Gasteiger partial charge in [-0.15, -0.1) is 0 Å². The SMILES string of the molecule is O=C(CN(Cc1ccc(F)cc1)C(=O)c1ccc(F)c(Cl)c1)N1CCNCC1. The summed E-state index contributed by atoms with van der Waals surface area (Å²) in [5.74, 6) is -1.64.